The summed E-state index contributed by atoms with van der Waals surface area (Å²) in [4.78, 5) is -0.0217. The van der Waals surface area contributed by atoms with E-state index in [1.165, 1.54) is 54.8 Å². The fraction of sp³-hybridized carbons (Fsp3) is 0.250. The molecule has 0 fully saturated rings. The molecule has 1 heterocycles. The van der Waals surface area contributed by atoms with Crippen molar-refractivity contribution >= 4 is 25.7 Å². The summed E-state index contributed by atoms with van der Waals surface area (Å²) in [6.45, 7) is 0.180. The lowest BCUT2D eigenvalue weighted by molar-refractivity contribution is 0.520. The van der Waals surface area contributed by atoms with Crippen LogP contribution in [0.15, 0.2) is 52.3 Å². The minimum Gasteiger partial charge on any atom is -0.266 e. The molecule has 1 aliphatic heterocycles. The maximum Gasteiger partial charge on any atom is 0.264 e. The second-order valence-electron chi connectivity index (χ2n) is 5.86. The van der Waals surface area contributed by atoms with Gasteiger partial charge in [0.15, 0.2) is 0 Å². The Morgan fingerprint density at radius 2 is 1.72 bits per heavy atom. The number of fused-ring (bicyclic) bond motifs is 1. The van der Waals surface area contributed by atoms with Crippen LogP contribution < -0.4 is 4.31 Å². The second-order valence-corrected chi connectivity index (χ2v) is 9.88. The fourth-order valence-corrected chi connectivity index (χ4v) is 5.21. The number of anilines is 1. The van der Waals surface area contributed by atoms with E-state index in [-0.39, 0.29) is 16.3 Å². The monoisotopic (exact) mass is 384 g/mol. The van der Waals surface area contributed by atoms with E-state index >= 15 is 0 Å². The summed E-state index contributed by atoms with van der Waals surface area (Å²) in [5.74, 6) is -0.632. The van der Waals surface area contributed by atoms with Crippen LogP contribution in [0.4, 0.5) is 10.1 Å². The first-order valence-corrected chi connectivity index (χ1v) is 10.4. The van der Waals surface area contributed by atoms with E-state index in [0.29, 0.717) is 17.7 Å². The van der Waals surface area contributed by atoms with Gasteiger partial charge in [-0.1, -0.05) is 6.07 Å². The van der Waals surface area contributed by atoms with Crippen LogP contribution in [0.3, 0.4) is 0 Å². The summed E-state index contributed by atoms with van der Waals surface area (Å²) in [7, 11) is -4.63. The Bertz CT molecular complexity index is 1030. The smallest absolute Gasteiger partial charge is 0.264 e. The highest BCUT2D eigenvalue weighted by Crippen LogP contribution is 2.34. The molecule has 0 aliphatic carbocycles. The predicted molar refractivity (Wildman–Crippen MR) is 92.0 cm³/mol. The van der Waals surface area contributed by atoms with E-state index in [4.69, 9.17) is 0 Å². The van der Waals surface area contributed by atoms with Gasteiger partial charge in [-0.05, 0) is 48.4 Å². The molecular formula is C16H17FN2O4S2. The minimum atomic E-state index is -3.91. The highest BCUT2D eigenvalue weighted by Gasteiger charge is 2.32. The summed E-state index contributed by atoms with van der Waals surface area (Å²) in [6.07, 6.45) is 0.390. The van der Waals surface area contributed by atoms with Crippen LogP contribution in [0.25, 0.3) is 0 Å². The van der Waals surface area contributed by atoms with Gasteiger partial charge in [0.05, 0.1) is 15.5 Å². The van der Waals surface area contributed by atoms with Crippen molar-refractivity contribution in [2.45, 2.75) is 16.2 Å². The van der Waals surface area contributed by atoms with Gasteiger partial charge in [0.2, 0.25) is 10.0 Å². The minimum absolute atomic E-state index is 0.112. The van der Waals surface area contributed by atoms with Crippen molar-refractivity contribution in [3.05, 3.63) is 53.8 Å². The third kappa shape index (κ3) is 3.03. The third-order valence-corrected chi connectivity index (χ3v) is 7.69. The Morgan fingerprint density at radius 1 is 1.00 bits per heavy atom. The topological polar surface area (TPSA) is 74.8 Å². The molecule has 1 aliphatic rings. The zero-order chi connectivity index (χ0) is 18.4. The fourth-order valence-electron chi connectivity index (χ4n) is 2.72. The zero-order valence-electron chi connectivity index (χ0n) is 13.7. The molecule has 0 saturated carbocycles. The molecule has 0 spiro atoms. The first kappa shape index (κ1) is 17.8. The number of sulfonamides is 2. The molecule has 0 N–H and O–H groups in total. The molecule has 3 rings (SSSR count). The lowest BCUT2D eigenvalue weighted by Crippen LogP contribution is -2.29. The zero-order valence-corrected chi connectivity index (χ0v) is 15.3. The van der Waals surface area contributed by atoms with Crippen molar-refractivity contribution in [3.63, 3.8) is 0 Å². The van der Waals surface area contributed by atoms with Gasteiger partial charge in [-0.25, -0.2) is 25.5 Å². The van der Waals surface area contributed by atoms with E-state index in [2.05, 4.69) is 0 Å². The Kier molecular flexibility index (Phi) is 4.34. The molecule has 0 aromatic heterocycles. The first-order valence-electron chi connectivity index (χ1n) is 7.48. The Hall–Kier alpha value is -1.97. The number of hydrogen-bond acceptors (Lipinski definition) is 4. The number of halogens is 1. The van der Waals surface area contributed by atoms with Gasteiger partial charge in [-0.3, -0.25) is 4.31 Å². The van der Waals surface area contributed by atoms with Crippen molar-refractivity contribution < 1.29 is 21.2 Å². The van der Waals surface area contributed by atoms with Crippen LogP contribution in [0, 0.1) is 5.82 Å². The standard InChI is InChI=1S/C16H17FN2O4S2/c1-18(2)24(20,21)15-6-7-16-12(10-15)8-9-19(16)25(22,23)14-5-3-4-13(17)11-14/h3-7,10-11H,8-9H2,1-2H3. The molecule has 2 aromatic carbocycles. The van der Waals surface area contributed by atoms with E-state index in [0.717, 1.165) is 10.4 Å². The molecule has 0 saturated heterocycles. The Labute approximate surface area is 146 Å². The van der Waals surface area contributed by atoms with E-state index in [9.17, 15) is 21.2 Å². The van der Waals surface area contributed by atoms with Crippen molar-refractivity contribution in [1.82, 2.24) is 4.31 Å². The number of rotatable bonds is 4. The van der Waals surface area contributed by atoms with Gasteiger partial charge in [0.25, 0.3) is 10.0 Å². The van der Waals surface area contributed by atoms with Gasteiger partial charge in [-0.15, -0.1) is 0 Å². The predicted octanol–water partition coefficient (Wildman–Crippen LogP) is 1.83. The van der Waals surface area contributed by atoms with E-state index in [1.54, 1.807) is 0 Å². The van der Waals surface area contributed by atoms with Crippen LogP contribution in [0.2, 0.25) is 0 Å². The average Bonchev–Trinajstić information content (AvgIpc) is 2.98. The summed E-state index contributed by atoms with van der Waals surface area (Å²) in [6, 6.07) is 9.18. The third-order valence-electron chi connectivity index (χ3n) is 4.07. The second kappa shape index (κ2) is 6.08. The van der Waals surface area contributed by atoms with Crippen LogP contribution in [-0.4, -0.2) is 41.8 Å². The van der Waals surface area contributed by atoms with Crippen LogP contribution >= 0.6 is 0 Å². The maximum absolute atomic E-state index is 13.4. The highest BCUT2D eigenvalue weighted by atomic mass is 32.2. The molecule has 134 valence electrons. The van der Waals surface area contributed by atoms with Gasteiger partial charge < -0.3 is 0 Å². The molecule has 2 aromatic rings. The summed E-state index contributed by atoms with van der Waals surface area (Å²) in [5.41, 5.74) is 1.05. The molecule has 0 amide bonds. The first-order chi connectivity index (χ1) is 11.6. The lowest BCUT2D eigenvalue weighted by Gasteiger charge is -2.20. The molecule has 0 atom stereocenters. The van der Waals surface area contributed by atoms with Crippen LogP contribution in [0.1, 0.15) is 5.56 Å². The van der Waals surface area contributed by atoms with Crippen LogP contribution in [0.5, 0.6) is 0 Å². The average molecular weight is 384 g/mol. The van der Waals surface area contributed by atoms with Crippen molar-refractivity contribution in [3.8, 4) is 0 Å². The molecule has 0 radical (unpaired) electrons. The summed E-state index contributed by atoms with van der Waals surface area (Å²) < 4.78 is 65.7. The molecule has 25 heavy (non-hydrogen) atoms. The molecule has 6 nitrogen and oxygen atoms in total. The maximum atomic E-state index is 13.4. The van der Waals surface area contributed by atoms with Gasteiger partial charge in [0.1, 0.15) is 5.82 Å². The van der Waals surface area contributed by atoms with Crippen molar-refractivity contribution in [2.75, 3.05) is 24.9 Å². The normalized spacial score (nSPS) is 14.8. The number of nitrogens with zero attached hydrogens (tertiary/aromatic N) is 2. The number of benzene rings is 2. The summed E-state index contributed by atoms with van der Waals surface area (Å²) in [5, 5.41) is 0. The summed E-state index contributed by atoms with van der Waals surface area (Å²) >= 11 is 0. The lowest BCUT2D eigenvalue weighted by atomic mass is 10.2. The molecular weight excluding hydrogens is 367 g/mol. The Morgan fingerprint density at radius 3 is 2.36 bits per heavy atom. The SMILES string of the molecule is CN(C)S(=O)(=O)c1ccc2c(c1)CCN2S(=O)(=O)c1cccc(F)c1. The Balaban J connectivity index is 2.03. The van der Waals surface area contributed by atoms with Gasteiger partial charge >= 0.3 is 0 Å². The van der Waals surface area contributed by atoms with E-state index < -0.39 is 25.9 Å². The molecule has 0 bridgehead atoms. The van der Waals surface area contributed by atoms with Gasteiger partial charge in [0, 0.05) is 20.6 Å². The largest absolute Gasteiger partial charge is 0.266 e. The van der Waals surface area contributed by atoms with Crippen molar-refractivity contribution in [1.29, 1.82) is 0 Å². The molecule has 0 unspecified atom stereocenters. The van der Waals surface area contributed by atoms with Crippen LogP contribution in [-0.2, 0) is 26.5 Å². The molecule has 9 heteroatoms. The quantitative estimate of drug-likeness (QED) is 0.806. The number of hydrogen-bond donors (Lipinski definition) is 0. The highest BCUT2D eigenvalue weighted by molar-refractivity contribution is 7.92. The van der Waals surface area contributed by atoms with E-state index in [1.807, 2.05) is 0 Å². The van der Waals surface area contributed by atoms with Gasteiger partial charge in [-0.2, -0.15) is 0 Å². The van der Waals surface area contributed by atoms with Crippen molar-refractivity contribution in [2.24, 2.45) is 0 Å².